The fourth-order valence-electron chi connectivity index (χ4n) is 3.74. The third-order valence-electron chi connectivity index (χ3n) is 5.32. The number of nitrogens with zero attached hydrogens (tertiary/aromatic N) is 1. The number of hydrogen-bond donors (Lipinski definition) is 0. The molecular weight excluding hydrogens is 402 g/mol. The predicted molar refractivity (Wildman–Crippen MR) is 127 cm³/mol. The normalized spacial score (nSPS) is 14.4. The molecule has 1 amide bonds. The lowest BCUT2D eigenvalue weighted by molar-refractivity contribution is -0.113. The summed E-state index contributed by atoms with van der Waals surface area (Å²) in [4.78, 5) is 16.4. The molecule has 0 aliphatic heterocycles. The highest BCUT2D eigenvalue weighted by Crippen LogP contribution is 2.30. The van der Waals surface area contributed by atoms with Gasteiger partial charge in [-0.2, -0.15) is 0 Å². The van der Waals surface area contributed by atoms with Crippen LogP contribution < -0.4 is 4.90 Å². The molecular formula is C27H25NO2S. The summed E-state index contributed by atoms with van der Waals surface area (Å²) >= 11 is 0. The molecule has 1 saturated carbocycles. The Morgan fingerprint density at radius 1 is 0.710 bits per heavy atom. The maximum Gasteiger partial charge on any atom is 0.280 e. The molecule has 1 atom stereocenters. The van der Waals surface area contributed by atoms with Gasteiger partial charge in [-0.15, -0.1) is 0 Å². The summed E-state index contributed by atoms with van der Waals surface area (Å²) in [5, 5.41) is 0. The number of benzene rings is 3. The Hall–Kier alpha value is -3.20. The van der Waals surface area contributed by atoms with Crippen LogP contribution in [0.4, 0.5) is 11.4 Å². The van der Waals surface area contributed by atoms with Crippen LogP contribution in [-0.2, 0) is 15.6 Å². The monoisotopic (exact) mass is 427 g/mol. The molecule has 3 aromatic rings. The average molecular weight is 428 g/mol. The van der Waals surface area contributed by atoms with Gasteiger partial charge < -0.3 is 0 Å². The summed E-state index contributed by atoms with van der Waals surface area (Å²) < 4.78 is 13.6. The van der Waals surface area contributed by atoms with Crippen LogP contribution in [-0.4, -0.2) is 10.1 Å². The van der Waals surface area contributed by atoms with Crippen molar-refractivity contribution >= 4 is 28.1 Å². The third-order valence-corrected chi connectivity index (χ3v) is 6.66. The third kappa shape index (κ3) is 5.11. The lowest BCUT2D eigenvalue weighted by atomic mass is 9.96. The van der Waals surface area contributed by atoms with Crippen LogP contribution in [0.5, 0.6) is 0 Å². The fraction of sp³-hybridized carbons (Fsp3) is 0.185. The van der Waals surface area contributed by atoms with Crippen LogP contribution in [0.25, 0.3) is 0 Å². The fourth-order valence-corrected chi connectivity index (χ4v) is 4.87. The largest absolute Gasteiger partial charge is 0.280 e. The smallest absolute Gasteiger partial charge is 0.276 e. The summed E-state index contributed by atoms with van der Waals surface area (Å²) in [6.07, 6.45) is 5.17. The minimum atomic E-state index is -1.63. The minimum absolute atomic E-state index is 0.204. The topological polar surface area (TPSA) is 37.4 Å². The molecule has 0 bridgehead atoms. The summed E-state index contributed by atoms with van der Waals surface area (Å²) in [6.45, 7) is 0. The van der Waals surface area contributed by atoms with Crippen molar-refractivity contribution in [3.05, 3.63) is 107 Å². The van der Waals surface area contributed by atoms with Crippen LogP contribution in [0, 0.1) is 0 Å². The summed E-state index contributed by atoms with van der Waals surface area (Å²) in [6, 6.07) is 28.2. The number of anilines is 2. The number of para-hydroxylation sites is 2. The maximum atomic E-state index is 14.0. The second-order valence-electron chi connectivity index (χ2n) is 7.51. The molecule has 0 spiro atoms. The van der Waals surface area contributed by atoms with Gasteiger partial charge in [0.25, 0.3) is 5.91 Å². The summed E-state index contributed by atoms with van der Waals surface area (Å²) in [5.41, 5.74) is 5.87. The highest BCUT2D eigenvalue weighted by atomic mass is 32.2. The van der Waals surface area contributed by atoms with Crippen molar-refractivity contribution in [1.82, 2.24) is 0 Å². The van der Waals surface area contributed by atoms with Crippen molar-refractivity contribution in [2.75, 3.05) is 4.90 Å². The molecule has 1 unspecified atom stereocenters. The lowest BCUT2D eigenvalue weighted by Crippen LogP contribution is -2.29. The molecule has 1 aliphatic carbocycles. The summed E-state index contributed by atoms with van der Waals surface area (Å²) in [5.74, 6) is -0.308. The van der Waals surface area contributed by atoms with Gasteiger partial charge in [-0.3, -0.25) is 9.69 Å². The van der Waals surface area contributed by atoms with E-state index in [4.69, 9.17) is 0 Å². The van der Waals surface area contributed by atoms with Gasteiger partial charge in [-0.1, -0.05) is 66.7 Å². The van der Waals surface area contributed by atoms with Gasteiger partial charge >= 0.3 is 0 Å². The second-order valence-corrected chi connectivity index (χ2v) is 8.93. The number of amides is 1. The van der Waals surface area contributed by atoms with E-state index in [1.807, 2.05) is 78.9 Å². The molecule has 0 radical (unpaired) electrons. The first kappa shape index (κ1) is 21.0. The van der Waals surface area contributed by atoms with Gasteiger partial charge in [0.15, 0.2) is 4.91 Å². The molecule has 156 valence electrons. The van der Waals surface area contributed by atoms with E-state index in [0.717, 1.165) is 42.6 Å². The first-order chi connectivity index (χ1) is 15.2. The van der Waals surface area contributed by atoms with E-state index in [0.29, 0.717) is 4.90 Å². The quantitative estimate of drug-likeness (QED) is 0.343. The first-order valence-electron chi connectivity index (χ1n) is 10.6. The maximum absolute atomic E-state index is 14.0. The number of hydrogen-bond acceptors (Lipinski definition) is 2. The van der Waals surface area contributed by atoms with E-state index in [2.05, 4.69) is 5.73 Å². The van der Waals surface area contributed by atoms with Gasteiger partial charge in [-0.05, 0) is 67.7 Å². The van der Waals surface area contributed by atoms with E-state index < -0.39 is 10.8 Å². The molecule has 0 heterocycles. The second kappa shape index (κ2) is 10.2. The van der Waals surface area contributed by atoms with Crippen molar-refractivity contribution in [2.24, 2.45) is 0 Å². The van der Waals surface area contributed by atoms with Crippen LogP contribution in [0.1, 0.15) is 32.1 Å². The Balaban J connectivity index is 1.85. The minimum Gasteiger partial charge on any atom is -0.276 e. The number of carbonyl (C=O) groups is 1. The van der Waals surface area contributed by atoms with Crippen LogP contribution in [0.3, 0.4) is 0 Å². The van der Waals surface area contributed by atoms with Gasteiger partial charge in [0.2, 0.25) is 0 Å². The van der Waals surface area contributed by atoms with E-state index in [-0.39, 0.29) is 10.8 Å². The SMILES string of the molecule is O=C(C(=C=C1CCCCC1)S(=O)c1ccccc1)N(c1ccccc1)c1ccccc1. The highest BCUT2D eigenvalue weighted by Gasteiger charge is 2.27. The van der Waals surface area contributed by atoms with Gasteiger partial charge in [-0.25, -0.2) is 4.21 Å². The molecule has 0 N–H and O–H groups in total. The molecule has 1 aliphatic rings. The van der Waals surface area contributed by atoms with Crippen molar-refractivity contribution in [3.8, 4) is 0 Å². The van der Waals surface area contributed by atoms with E-state index >= 15 is 0 Å². The Kier molecular flexibility index (Phi) is 6.93. The standard InChI is InChI=1S/C27H25NO2S/c29-27(28(23-15-7-2-8-16-23)24-17-9-3-10-18-24)26(21-22-13-5-1-6-14-22)31(30)25-19-11-4-12-20-25/h2-4,7-12,15-20H,1,5-6,13-14H2. The number of carbonyl (C=O) groups excluding carboxylic acids is 1. The Morgan fingerprint density at radius 3 is 1.71 bits per heavy atom. The summed E-state index contributed by atoms with van der Waals surface area (Å²) in [7, 11) is -1.63. The molecule has 0 aromatic heterocycles. The van der Waals surface area contributed by atoms with Crippen LogP contribution in [0.2, 0.25) is 0 Å². The molecule has 4 rings (SSSR count). The zero-order chi connectivity index (χ0) is 21.5. The lowest BCUT2D eigenvalue weighted by Gasteiger charge is -2.23. The molecule has 4 heteroatoms. The average Bonchev–Trinajstić information content (AvgIpc) is 2.85. The van der Waals surface area contributed by atoms with Crippen molar-refractivity contribution in [1.29, 1.82) is 0 Å². The first-order valence-corrected chi connectivity index (χ1v) is 11.8. The predicted octanol–water partition coefficient (Wildman–Crippen LogP) is 6.53. The van der Waals surface area contributed by atoms with Crippen molar-refractivity contribution in [3.63, 3.8) is 0 Å². The van der Waals surface area contributed by atoms with Gasteiger partial charge in [0.05, 0.1) is 10.8 Å². The molecule has 31 heavy (non-hydrogen) atoms. The van der Waals surface area contributed by atoms with Gasteiger partial charge in [0.1, 0.15) is 0 Å². The van der Waals surface area contributed by atoms with Crippen LogP contribution >= 0.6 is 0 Å². The van der Waals surface area contributed by atoms with Crippen molar-refractivity contribution in [2.45, 2.75) is 37.0 Å². The Morgan fingerprint density at radius 2 is 1.19 bits per heavy atom. The van der Waals surface area contributed by atoms with E-state index in [9.17, 15) is 9.00 Å². The molecule has 1 fully saturated rings. The zero-order valence-electron chi connectivity index (χ0n) is 17.4. The Bertz CT molecular complexity index is 1070. The van der Waals surface area contributed by atoms with E-state index in [1.54, 1.807) is 17.0 Å². The van der Waals surface area contributed by atoms with Gasteiger partial charge in [0, 0.05) is 16.3 Å². The molecule has 0 saturated heterocycles. The number of rotatable bonds is 5. The zero-order valence-corrected chi connectivity index (χ0v) is 18.2. The van der Waals surface area contributed by atoms with E-state index in [1.165, 1.54) is 6.42 Å². The van der Waals surface area contributed by atoms with Crippen LogP contribution in [0.15, 0.2) is 112 Å². The van der Waals surface area contributed by atoms with Crippen molar-refractivity contribution < 1.29 is 9.00 Å². The highest BCUT2D eigenvalue weighted by molar-refractivity contribution is 7.90. The molecule has 3 nitrogen and oxygen atoms in total. The molecule has 3 aromatic carbocycles. The Labute approximate surface area is 186 Å².